The lowest BCUT2D eigenvalue weighted by Crippen LogP contribution is -2.54. The summed E-state index contributed by atoms with van der Waals surface area (Å²) in [5.74, 6) is 2.72. The van der Waals surface area contributed by atoms with Crippen molar-refractivity contribution in [3.63, 3.8) is 0 Å². The highest BCUT2D eigenvalue weighted by Crippen LogP contribution is 2.32. The molecule has 4 heterocycles. The van der Waals surface area contributed by atoms with Crippen LogP contribution in [0, 0.1) is 0 Å². The summed E-state index contributed by atoms with van der Waals surface area (Å²) in [7, 11) is 0. The second-order valence-electron chi connectivity index (χ2n) is 10.8. The number of anilines is 2. The quantitative estimate of drug-likeness (QED) is 0.267. The topological polar surface area (TPSA) is 124 Å². The van der Waals surface area contributed by atoms with Crippen molar-refractivity contribution in [2.75, 3.05) is 37.1 Å². The van der Waals surface area contributed by atoms with Crippen molar-refractivity contribution in [1.82, 2.24) is 29.7 Å². The summed E-state index contributed by atoms with van der Waals surface area (Å²) in [6, 6.07) is 19.9. The zero-order valence-corrected chi connectivity index (χ0v) is 23.6. The fourth-order valence-corrected chi connectivity index (χ4v) is 5.84. The molecule has 1 fully saturated rings. The highest BCUT2D eigenvalue weighted by Gasteiger charge is 2.30. The van der Waals surface area contributed by atoms with E-state index in [1.165, 1.54) is 5.56 Å². The first-order valence-corrected chi connectivity index (χ1v) is 14.3. The first kappa shape index (κ1) is 26.7. The van der Waals surface area contributed by atoms with Crippen molar-refractivity contribution >= 4 is 28.2 Å². The molecule has 2 aliphatic rings. The first-order valence-electron chi connectivity index (χ1n) is 14.3. The van der Waals surface area contributed by atoms with Gasteiger partial charge < -0.3 is 25.4 Å². The molecule has 1 atom stereocenters. The number of nitrogens with zero attached hydrogens (tertiary/aromatic N) is 6. The van der Waals surface area contributed by atoms with Crippen LogP contribution in [0.15, 0.2) is 85.6 Å². The number of nitrogens with two attached hydrogens (primary N) is 1. The molecule has 11 heteroatoms. The number of rotatable bonds is 8. The molecule has 0 saturated carbocycles. The summed E-state index contributed by atoms with van der Waals surface area (Å²) in [6.45, 7) is 3.61. The maximum atomic E-state index is 13.4. The summed E-state index contributed by atoms with van der Waals surface area (Å²) >= 11 is 0. The van der Waals surface area contributed by atoms with E-state index >= 15 is 0 Å². The number of carbonyl (C=O) groups is 1. The Labute approximate surface area is 248 Å². The predicted octanol–water partition coefficient (Wildman–Crippen LogP) is 3.52. The summed E-state index contributed by atoms with van der Waals surface area (Å²) in [6.07, 6.45) is 7.25. The van der Waals surface area contributed by atoms with E-state index in [9.17, 15) is 4.79 Å². The third-order valence-electron chi connectivity index (χ3n) is 8.01. The molecule has 0 aliphatic carbocycles. The molecule has 3 aromatic carbocycles. The van der Waals surface area contributed by atoms with E-state index in [-0.39, 0.29) is 18.7 Å². The lowest BCUT2D eigenvalue weighted by molar-refractivity contribution is -0.121. The minimum Gasteiger partial charge on any atom is -0.454 e. The average molecular weight is 577 g/mol. The molecule has 1 amide bonds. The number of fused-ring (bicyclic) bond motifs is 2. The minimum atomic E-state index is -0.101. The van der Waals surface area contributed by atoms with Gasteiger partial charge in [-0.15, -0.1) is 0 Å². The Bertz CT molecular complexity index is 1760. The highest BCUT2D eigenvalue weighted by molar-refractivity contribution is 5.95. The van der Waals surface area contributed by atoms with Gasteiger partial charge in [-0.2, -0.15) is 4.98 Å². The molecule has 1 unspecified atom stereocenters. The van der Waals surface area contributed by atoms with Gasteiger partial charge in [0.15, 0.2) is 11.5 Å². The molecule has 3 N–H and O–H groups in total. The van der Waals surface area contributed by atoms with Gasteiger partial charge >= 0.3 is 0 Å². The minimum absolute atomic E-state index is 0.0312. The van der Waals surface area contributed by atoms with Crippen LogP contribution in [0.5, 0.6) is 11.5 Å². The van der Waals surface area contributed by atoms with Gasteiger partial charge in [-0.05, 0) is 40.8 Å². The van der Waals surface area contributed by atoms with Crippen LogP contribution < -0.4 is 25.4 Å². The van der Waals surface area contributed by atoms with Gasteiger partial charge in [-0.25, -0.2) is 9.97 Å². The number of nitrogens with one attached hydrogen (secondary N) is 1. The molecule has 0 radical (unpaired) electrons. The second-order valence-corrected chi connectivity index (χ2v) is 10.8. The van der Waals surface area contributed by atoms with Crippen molar-refractivity contribution in [3.8, 4) is 17.4 Å². The lowest BCUT2D eigenvalue weighted by atomic mass is 10.0. The number of piperazine rings is 1. The third-order valence-corrected chi connectivity index (χ3v) is 8.01. The van der Waals surface area contributed by atoms with Crippen LogP contribution >= 0.6 is 0 Å². The number of imidazole rings is 1. The number of carbonyl (C=O) groups excluding carboxylic acids is 1. The number of benzene rings is 3. The first-order chi connectivity index (χ1) is 21.1. The largest absolute Gasteiger partial charge is 0.454 e. The molecular formula is C32H32N8O3. The average Bonchev–Trinajstić information content (AvgIpc) is 3.75. The molecule has 1 saturated heterocycles. The number of hydrogen-bond acceptors (Lipinski definition) is 9. The van der Waals surface area contributed by atoms with Crippen molar-refractivity contribution < 1.29 is 14.3 Å². The molecule has 0 bridgehead atoms. The summed E-state index contributed by atoms with van der Waals surface area (Å²) in [5.41, 5.74) is 9.21. The van der Waals surface area contributed by atoms with Gasteiger partial charge in [0.05, 0.1) is 6.04 Å². The third kappa shape index (κ3) is 5.67. The number of nitrogen functional groups attached to an aromatic ring is 1. The summed E-state index contributed by atoms with van der Waals surface area (Å²) < 4.78 is 12.7. The van der Waals surface area contributed by atoms with Crippen LogP contribution in [0.2, 0.25) is 0 Å². The summed E-state index contributed by atoms with van der Waals surface area (Å²) in [4.78, 5) is 31.4. The number of amides is 1. The normalized spacial score (nSPS) is 16.5. The van der Waals surface area contributed by atoms with Crippen LogP contribution in [-0.4, -0.2) is 62.8 Å². The van der Waals surface area contributed by atoms with Crippen molar-refractivity contribution in [1.29, 1.82) is 0 Å². The molecule has 2 aliphatic heterocycles. The van der Waals surface area contributed by atoms with Gasteiger partial charge in [0.2, 0.25) is 18.6 Å². The number of ether oxygens (including phenoxy) is 2. The molecule has 2 aromatic heterocycles. The van der Waals surface area contributed by atoms with Crippen LogP contribution in [0.25, 0.3) is 16.7 Å². The Morgan fingerprint density at radius 3 is 2.77 bits per heavy atom. The molecule has 5 aromatic rings. The van der Waals surface area contributed by atoms with Crippen molar-refractivity contribution in [2.45, 2.75) is 25.6 Å². The Hall–Kier alpha value is -5.16. The van der Waals surface area contributed by atoms with Gasteiger partial charge in [0.1, 0.15) is 12.1 Å². The smallest absolute Gasteiger partial charge is 0.236 e. The monoisotopic (exact) mass is 576 g/mol. The Kier molecular flexibility index (Phi) is 7.22. The van der Waals surface area contributed by atoms with Gasteiger partial charge in [0.25, 0.3) is 0 Å². The van der Waals surface area contributed by atoms with E-state index in [4.69, 9.17) is 20.2 Å². The number of aromatic nitrogens is 4. The SMILES string of the molecule is Nc1ccc(CN2CCN(c3ccnc(-n4ccnc4)n3)C(CC(=O)NCc3ccc4c(c3)OCO4)C2)c2ccccc12. The van der Waals surface area contributed by atoms with Crippen molar-refractivity contribution in [3.05, 3.63) is 96.7 Å². The number of hydrogen-bond donors (Lipinski definition) is 2. The molecule has 0 spiro atoms. The fourth-order valence-electron chi connectivity index (χ4n) is 5.84. The Morgan fingerprint density at radius 2 is 1.88 bits per heavy atom. The maximum absolute atomic E-state index is 13.4. The van der Waals surface area contributed by atoms with E-state index in [0.717, 1.165) is 46.7 Å². The molecule has 7 rings (SSSR count). The van der Waals surface area contributed by atoms with Crippen LogP contribution in [0.3, 0.4) is 0 Å². The second kappa shape index (κ2) is 11.6. The molecular weight excluding hydrogens is 544 g/mol. The maximum Gasteiger partial charge on any atom is 0.236 e. The zero-order valence-electron chi connectivity index (χ0n) is 23.6. The van der Waals surface area contributed by atoms with E-state index in [1.807, 2.05) is 48.7 Å². The Morgan fingerprint density at radius 1 is 1.00 bits per heavy atom. The van der Waals surface area contributed by atoms with E-state index in [2.05, 4.69) is 43.3 Å². The molecule has 11 nitrogen and oxygen atoms in total. The van der Waals surface area contributed by atoms with E-state index < -0.39 is 0 Å². The predicted molar refractivity (Wildman–Crippen MR) is 163 cm³/mol. The molecule has 218 valence electrons. The standard InChI is InChI=1S/C32H32N8O3/c33-27-7-6-23(25-3-1-2-4-26(25)27)18-38-13-14-40(30-9-10-35-32(37-30)39-12-11-34-20-39)24(19-38)16-31(41)36-17-22-5-8-28-29(15-22)43-21-42-28/h1-12,15,20,24H,13-14,16-19,21,33H2,(H,36,41). The van der Waals surface area contributed by atoms with Crippen LogP contribution in [0.1, 0.15) is 17.5 Å². The summed E-state index contributed by atoms with van der Waals surface area (Å²) in [5, 5.41) is 5.32. The Balaban J connectivity index is 1.10. The zero-order chi connectivity index (χ0) is 29.2. The van der Waals surface area contributed by atoms with Crippen molar-refractivity contribution in [2.24, 2.45) is 0 Å². The molecule has 43 heavy (non-hydrogen) atoms. The van der Waals surface area contributed by atoms with Crippen LogP contribution in [-0.2, 0) is 17.9 Å². The highest BCUT2D eigenvalue weighted by atomic mass is 16.7. The lowest BCUT2D eigenvalue weighted by Gasteiger charge is -2.42. The van der Waals surface area contributed by atoms with E-state index in [0.29, 0.717) is 37.8 Å². The van der Waals surface area contributed by atoms with Crippen LogP contribution in [0.4, 0.5) is 11.5 Å². The van der Waals surface area contributed by atoms with E-state index in [1.54, 1.807) is 23.3 Å². The fraction of sp³-hybridized carbons (Fsp3) is 0.250. The van der Waals surface area contributed by atoms with Gasteiger partial charge in [0, 0.05) is 68.8 Å². The van der Waals surface area contributed by atoms with Gasteiger partial charge in [-0.3, -0.25) is 14.3 Å². The van der Waals surface area contributed by atoms with Gasteiger partial charge in [-0.1, -0.05) is 36.4 Å².